The molecule has 5 heteroatoms. The third-order valence-electron chi connectivity index (χ3n) is 7.46. The highest BCUT2D eigenvalue weighted by Crippen LogP contribution is 2.59. The van der Waals surface area contributed by atoms with Crippen LogP contribution in [0.4, 0.5) is 14.9 Å². The highest BCUT2D eigenvalue weighted by Gasteiger charge is 2.55. The zero-order chi connectivity index (χ0) is 20.6. The van der Waals surface area contributed by atoms with Gasteiger partial charge in [-0.1, -0.05) is 55.3 Å². The van der Waals surface area contributed by atoms with Gasteiger partial charge in [-0.25, -0.2) is 9.18 Å². The van der Waals surface area contributed by atoms with Crippen molar-refractivity contribution in [3.05, 3.63) is 66.0 Å². The number of amides is 2. The van der Waals surface area contributed by atoms with Gasteiger partial charge in [0.2, 0.25) is 0 Å². The fraction of sp³-hybridized carbons (Fsp3) is 0.480. The van der Waals surface area contributed by atoms with Gasteiger partial charge in [-0.05, 0) is 43.4 Å². The summed E-state index contributed by atoms with van der Waals surface area (Å²) in [5.41, 5.74) is 2.16. The van der Waals surface area contributed by atoms with Gasteiger partial charge < -0.3 is 10.2 Å². The summed E-state index contributed by atoms with van der Waals surface area (Å²) in [6.07, 6.45) is 7.34. The maximum absolute atomic E-state index is 13.8. The van der Waals surface area contributed by atoms with E-state index in [0.717, 1.165) is 25.9 Å². The predicted octanol–water partition coefficient (Wildman–Crippen LogP) is 5.44. The molecule has 5 rings (SSSR count). The maximum Gasteiger partial charge on any atom is 0.321 e. The highest BCUT2D eigenvalue weighted by molar-refractivity contribution is 5.89. The van der Waals surface area contributed by atoms with Gasteiger partial charge in [0.05, 0.1) is 5.69 Å². The molecule has 0 aromatic heterocycles. The molecule has 1 atom stereocenters. The van der Waals surface area contributed by atoms with E-state index in [1.807, 2.05) is 4.90 Å². The molecule has 2 amide bonds. The van der Waals surface area contributed by atoms with Crippen molar-refractivity contribution in [1.29, 1.82) is 0 Å². The molecule has 1 aliphatic carbocycles. The lowest BCUT2D eigenvalue weighted by Gasteiger charge is -2.60. The number of hydrogen-bond acceptors (Lipinski definition) is 2. The van der Waals surface area contributed by atoms with Gasteiger partial charge in [0.1, 0.15) is 5.82 Å². The summed E-state index contributed by atoms with van der Waals surface area (Å²) in [5, 5.41) is 2.72. The van der Waals surface area contributed by atoms with Crippen molar-refractivity contribution in [2.45, 2.75) is 50.6 Å². The molecular formula is C25H30FN3O. The van der Waals surface area contributed by atoms with Gasteiger partial charge in [-0.2, -0.15) is 0 Å². The molecule has 1 saturated carbocycles. The van der Waals surface area contributed by atoms with Crippen molar-refractivity contribution in [2.75, 3.05) is 25.0 Å². The Morgan fingerprint density at radius 2 is 1.63 bits per heavy atom. The van der Waals surface area contributed by atoms with Crippen molar-refractivity contribution in [2.24, 2.45) is 5.41 Å². The number of para-hydroxylation sites is 1. The van der Waals surface area contributed by atoms with Crippen LogP contribution < -0.4 is 5.32 Å². The lowest BCUT2D eigenvalue weighted by molar-refractivity contribution is -0.110. The van der Waals surface area contributed by atoms with E-state index < -0.39 is 5.82 Å². The maximum atomic E-state index is 13.8. The van der Waals surface area contributed by atoms with E-state index in [4.69, 9.17) is 0 Å². The second kappa shape index (κ2) is 8.03. The van der Waals surface area contributed by atoms with Crippen LogP contribution in [0.5, 0.6) is 0 Å². The number of hydrogen-bond donors (Lipinski definition) is 1. The van der Waals surface area contributed by atoms with Gasteiger partial charge in [0.25, 0.3) is 0 Å². The number of rotatable bonds is 3. The number of urea groups is 1. The van der Waals surface area contributed by atoms with Gasteiger partial charge in [0.15, 0.2) is 0 Å². The van der Waals surface area contributed by atoms with E-state index in [1.165, 1.54) is 43.9 Å². The number of piperidine rings is 1. The Kier molecular flexibility index (Phi) is 5.23. The number of halogens is 1. The van der Waals surface area contributed by atoms with Gasteiger partial charge >= 0.3 is 6.03 Å². The van der Waals surface area contributed by atoms with Crippen LogP contribution in [-0.2, 0) is 0 Å². The molecule has 1 unspecified atom stereocenters. The monoisotopic (exact) mass is 407 g/mol. The summed E-state index contributed by atoms with van der Waals surface area (Å²) in [7, 11) is 0. The lowest BCUT2D eigenvalue weighted by Crippen LogP contribution is -2.62. The summed E-state index contributed by atoms with van der Waals surface area (Å²) in [6, 6.07) is 18.1. The molecule has 1 spiro atoms. The second-order valence-electron chi connectivity index (χ2n) is 9.18. The minimum Gasteiger partial charge on any atom is -0.324 e. The number of benzene rings is 2. The summed E-state index contributed by atoms with van der Waals surface area (Å²) < 4.78 is 13.8. The zero-order valence-corrected chi connectivity index (χ0v) is 17.4. The molecule has 0 radical (unpaired) electrons. The SMILES string of the molecule is O=C(Nc1ccccc1F)N1CCC(N2CC3(CCCC3)C2c2ccccc2)CC1. The molecule has 2 heterocycles. The van der Waals surface area contributed by atoms with E-state index in [9.17, 15) is 9.18 Å². The van der Waals surface area contributed by atoms with Crippen LogP contribution in [0.2, 0.25) is 0 Å². The second-order valence-corrected chi connectivity index (χ2v) is 9.18. The van der Waals surface area contributed by atoms with Gasteiger partial charge in [0, 0.05) is 37.1 Å². The first-order valence-electron chi connectivity index (χ1n) is 11.3. The van der Waals surface area contributed by atoms with Crippen LogP contribution in [0.1, 0.15) is 50.1 Å². The van der Waals surface area contributed by atoms with Crippen molar-refractivity contribution in [3.8, 4) is 0 Å². The first-order valence-corrected chi connectivity index (χ1v) is 11.3. The van der Waals surface area contributed by atoms with Crippen molar-refractivity contribution in [1.82, 2.24) is 9.80 Å². The molecule has 1 N–H and O–H groups in total. The van der Waals surface area contributed by atoms with Crippen molar-refractivity contribution in [3.63, 3.8) is 0 Å². The summed E-state index contributed by atoms with van der Waals surface area (Å²) >= 11 is 0. The van der Waals surface area contributed by atoms with E-state index in [0.29, 0.717) is 17.5 Å². The standard InChI is InChI=1S/C25H30FN3O/c26-21-10-4-5-11-22(21)27-24(30)28-16-12-20(13-17-28)29-18-25(14-6-7-15-25)23(29)19-8-2-1-3-9-19/h1-5,8-11,20,23H,6-7,12-18H2,(H,27,30). The Morgan fingerprint density at radius 3 is 2.33 bits per heavy atom. The Bertz CT molecular complexity index is 888. The molecule has 3 fully saturated rings. The minimum absolute atomic E-state index is 0.200. The van der Waals surface area contributed by atoms with Gasteiger partial charge in [-0.15, -0.1) is 0 Å². The van der Waals surface area contributed by atoms with Crippen molar-refractivity contribution < 1.29 is 9.18 Å². The largest absolute Gasteiger partial charge is 0.324 e. The highest BCUT2D eigenvalue weighted by atomic mass is 19.1. The number of nitrogens with zero attached hydrogens (tertiary/aromatic N) is 2. The van der Waals surface area contributed by atoms with Crippen LogP contribution in [0.25, 0.3) is 0 Å². The molecule has 4 nitrogen and oxygen atoms in total. The summed E-state index contributed by atoms with van der Waals surface area (Å²) in [4.78, 5) is 17.1. The number of nitrogens with one attached hydrogen (secondary N) is 1. The normalized spacial score (nSPS) is 24.0. The summed E-state index contributed by atoms with van der Waals surface area (Å²) in [5.74, 6) is -0.395. The van der Waals surface area contributed by atoms with Gasteiger partial charge in [-0.3, -0.25) is 4.90 Å². The zero-order valence-electron chi connectivity index (χ0n) is 17.4. The van der Waals surface area contributed by atoms with Crippen LogP contribution >= 0.6 is 0 Å². The lowest BCUT2D eigenvalue weighted by atomic mass is 9.66. The summed E-state index contributed by atoms with van der Waals surface area (Å²) in [6.45, 7) is 2.63. The Morgan fingerprint density at radius 1 is 0.967 bits per heavy atom. The van der Waals surface area contributed by atoms with Crippen LogP contribution in [0.3, 0.4) is 0 Å². The first-order chi connectivity index (χ1) is 14.7. The third-order valence-corrected chi connectivity index (χ3v) is 7.46. The molecule has 2 saturated heterocycles. The third kappa shape index (κ3) is 3.49. The molecule has 2 aromatic rings. The molecule has 158 valence electrons. The van der Waals surface area contributed by atoms with E-state index in [2.05, 4.69) is 40.5 Å². The first kappa shape index (κ1) is 19.6. The Hall–Kier alpha value is -2.40. The number of likely N-dealkylation sites (tertiary alicyclic amines) is 2. The fourth-order valence-electron chi connectivity index (χ4n) is 5.97. The van der Waals surface area contributed by atoms with Crippen LogP contribution in [0.15, 0.2) is 54.6 Å². The molecule has 0 bridgehead atoms. The Labute approximate surface area is 178 Å². The van der Waals surface area contributed by atoms with E-state index >= 15 is 0 Å². The van der Waals surface area contributed by atoms with E-state index in [1.54, 1.807) is 18.2 Å². The van der Waals surface area contributed by atoms with Crippen LogP contribution in [0, 0.1) is 11.2 Å². The number of carbonyl (C=O) groups is 1. The van der Waals surface area contributed by atoms with Crippen molar-refractivity contribution >= 4 is 11.7 Å². The molecule has 30 heavy (non-hydrogen) atoms. The van der Waals surface area contributed by atoms with Crippen LogP contribution in [-0.4, -0.2) is 41.5 Å². The quantitative estimate of drug-likeness (QED) is 0.735. The molecule has 2 aliphatic heterocycles. The fourth-order valence-corrected chi connectivity index (χ4v) is 5.97. The minimum atomic E-state index is -0.395. The topological polar surface area (TPSA) is 35.6 Å². The molecule has 3 aliphatic rings. The van der Waals surface area contributed by atoms with E-state index in [-0.39, 0.29) is 11.7 Å². The molecular weight excluding hydrogens is 377 g/mol. The average molecular weight is 408 g/mol. The number of anilines is 1. The Balaban J connectivity index is 1.23. The smallest absolute Gasteiger partial charge is 0.321 e. The average Bonchev–Trinajstić information content (AvgIpc) is 3.26. The predicted molar refractivity (Wildman–Crippen MR) is 117 cm³/mol. The molecule has 2 aromatic carbocycles. The number of carbonyl (C=O) groups excluding carboxylic acids is 1.